The van der Waals surface area contributed by atoms with Gasteiger partial charge in [0.05, 0.1) is 5.92 Å². The quantitative estimate of drug-likeness (QED) is 0.793. The molecule has 1 aliphatic carbocycles. The second kappa shape index (κ2) is 5.57. The molecule has 2 N–H and O–H groups in total. The summed E-state index contributed by atoms with van der Waals surface area (Å²) in [7, 11) is 1.46. The largest absolute Gasteiger partial charge is 0.480 e. The average molecular weight is 304 g/mol. The van der Waals surface area contributed by atoms with Gasteiger partial charge in [0.25, 0.3) is 0 Å². The van der Waals surface area contributed by atoms with E-state index in [0.717, 1.165) is 4.90 Å². The van der Waals surface area contributed by atoms with Gasteiger partial charge in [0, 0.05) is 32.4 Å². The number of aliphatic carboxylic acids is 1. The first-order valence-electron chi connectivity index (χ1n) is 6.88. The Labute approximate surface area is 120 Å². The number of hydrogen-bond acceptors (Lipinski definition) is 3. The molecule has 0 bridgehead atoms. The number of amides is 2. The Morgan fingerprint density at radius 3 is 2.29 bits per heavy atom. The summed E-state index contributed by atoms with van der Waals surface area (Å²) < 4.78 is 25.8. The summed E-state index contributed by atoms with van der Waals surface area (Å²) >= 11 is 0. The first-order valence-corrected chi connectivity index (χ1v) is 6.88. The molecule has 0 radical (unpaired) electrons. The van der Waals surface area contributed by atoms with Gasteiger partial charge < -0.3 is 15.3 Å². The monoisotopic (exact) mass is 304 g/mol. The van der Waals surface area contributed by atoms with E-state index >= 15 is 0 Å². The second-order valence-corrected chi connectivity index (χ2v) is 5.69. The van der Waals surface area contributed by atoms with Crippen LogP contribution in [0.4, 0.5) is 8.78 Å². The van der Waals surface area contributed by atoms with E-state index in [9.17, 15) is 28.3 Å². The number of carboxylic acids is 1. The number of carbonyl (C=O) groups excluding carboxylic acids is 2. The number of nitrogens with zero attached hydrogens (tertiary/aromatic N) is 1. The van der Waals surface area contributed by atoms with Crippen LogP contribution in [0.3, 0.4) is 0 Å². The van der Waals surface area contributed by atoms with E-state index in [2.05, 4.69) is 5.32 Å². The summed E-state index contributed by atoms with van der Waals surface area (Å²) in [6.07, 6.45) is -0.567. The molecule has 1 saturated heterocycles. The molecule has 0 aromatic heterocycles. The highest BCUT2D eigenvalue weighted by Gasteiger charge is 2.51. The molecular weight excluding hydrogens is 286 g/mol. The maximum atomic E-state index is 12.9. The lowest BCUT2D eigenvalue weighted by Crippen LogP contribution is -2.57. The average Bonchev–Trinajstić information content (AvgIpc) is 2.42. The van der Waals surface area contributed by atoms with Gasteiger partial charge in [-0.15, -0.1) is 0 Å². The number of carboxylic acid groups (broad SMARTS) is 1. The number of nitrogens with one attached hydrogen (secondary N) is 1. The molecule has 2 atom stereocenters. The number of hydrogen-bond donors (Lipinski definition) is 2. The van der Waals surface area contributed by atoms with Crippen LogP contribution in [0.2, 0.25) is 0 Å². The van der Waals surface area contributed by atoms with E-state index in [1.807, 2.05) is 0 Å². The van der Waals surface area contributed by atoms with Gasteiger partial charge in [-0.25, -0.2) is 13.6 Å². The van der Waals surface area contributed by atoms with Gasteiger partial charge in [0.2, 0.25) is 17.7 Å². The van der Waals surface area contributed by atoms with Gasteiger partial charge in [-0.2, -0.15) is 0 Å². The van der Waals surface area contributed by atoms with Gasteiger partial charge in [-0.3, -0.25) is 9.59 Å². The number of rotatable bonds is 3. The van der Waals surface area contributed by atoms with Crippen molar-refractivity contribution in [2.24, 2.45) is 11.8 Å². The number of likely N-dealkylation sites (tertiary alicyclic amines) is 1. The summed E-state index contributed by atoms with van der Waals surface area (Å²) in [5.41, 5.74) is 0. The van der Waals surface area contributed by atoms with Crippen molar-refractivity contribution in [1.29, 1.82) is 0 Å². The van der Waals surface area contributed by atoms with E-state index in [0.29, 0.717) is 6.42 Å². The van der Waals surface area contributed by atoms with Gasteiger partial charge in [-0.1, -0.05) is 0 Å². The maximum absolute atomic E-state index is 12.9. The fourth-order valence-electron chi connectivity index (χ4n) is 2.96. The van der Waals surface area contributed by atoms with Crippen LogP contribution in [-0.4, -0.2) is 53.3 Å². The lowest BCUT2D eigenvalue weighted by Gasteiger charge is -2.42. The van der Waals surface area contributed by atoms with Crippen molar-refractivity contribution in [2.45, 2.75) is 37.6 Å². The molecule has 0 spiro atoms. The normalized spacial score (nSPS) is 28.6. The van der Waals surface area contributed by atoms with Crippen LogP contribution in [0.15, 0.2) is 0 Å². The van der Waals surface area contributed by atoms with Crippen LogP contribution in [-0.2, 0) is 14.4 Å². The molecule has 0 aromatic carbocycles. The third-order valence-electron chi connectivity index (χ3n) is 4.21. The number of carbonyl (C=O) groups is 3. The third kappa shape index (κ3) is 3.14. The fraction of sp³-hybridized carbons (Fsp3) is 0.769. The smallest absolute Gasteiger partial charge is 0.326 e. The van der Waals surface area contributed by atoms with Gasteiger partial charge in [-0.05, 0) is 12.8 Å². The Morgan fingerprint density at radius 2 is 1.81 bits per heavy atom. The zero-order valence-electron chi connectivity index (χ0n) is 11.6. The van der Waals surface area contributed by atoms with E-state index in [1.165, 1.54) is 7.05 Å². The van der Waals surface area contributed by atoms with Crippen molar-refractivity contribution in [1.82, 2.24) is 10.2 Å². The first kappa shape index (κ1) is 15.7. The Bertz CT molecular complexity index is 461. The van der Waals surface area contributed by atoms with Crippen molar-refractivity contribution in [3.05, 3.63) is 0 Å². The highest BCUT2D eigenvalue weighted by molar-refractivity contribution is 5.87. The van der Waals surface area contributed by atoms with E-state index in [4.69, 9.17) is 0 Å². The SMILES string of the molecule is CNC(=O)[C@H]1CC[C@@H](C(=O)O)N(C(=O)C2CC(F)(F)C2)C1. The van der Waals surface area contributed by atoms with E-state index in [1.54, 1.807) is 0 Å². The molecular formula is C13H18F2N2O4. The summed E-state index contributed by atoms with van der Waals surface area (Å²) in [5, 5.41) is 11.6. The molecule has 21 heavy (non-hydrogen) atoms. The fourth-order valence-corrected chi connectivity index (χ4v) is 2.96. The zero-order chi connectivity index (χ0) is 15.8. The molecule has 2 rings (SSSR count). The van der Waals surface area contributed by atoms with Crippen LogP contribution < -0.4 is 5.32 Å². The molecule has 1 heterocycles. The molecule has 118 valence electrons. The van der Waals surface area contributed by atoms with Crippen molar-refractivity contribution < 1.29 is 28.3 Å². The number of halogens is 2. The lowest BCUT2D eigenvalue weighted by molar-refractivity contribution is -0.169. The van der Waals surface area contributed by atoms with Crippen LogP contribution >= 0.6 is 0 Å². The first-order chi connectivity index (χ1) is 9.75. The molecule has 1 aliphatic heterocycles. The minimum atomic E-state index is -2.84. The van der Waals surface area contributed by atoms with E-state index in [-0.39, 0.29) is 18.9 Å². The highest BCUT2D eigenvalue weighted by atomic mass is 19.3. The number of piperidine rings is 1. The molecule has 8 heteroatoms. The van der Waals surface area contributed by atoms with Gasteiger partial charge in [0.1, 0.15) is 6.04 Å². The van der Waals surface area contributed by atoms with Gasteiger partial charge >= 0.3 is 5.97 Å². The molecule has 6 nitrogen and oxygen atoms in total. The van der Waals surface area contributed by atoms with Crippen LogP contribution in [0.25, 0.3) is 0 Å². The third-order valence-corrected chi connectivity index (χ3v) is 4.21. The van der Waals surface area contributed by atoms with Crippen LogP contribution in [0.1, 0.15) is 25.7 Å². The maximum Gasteiger partial charge on any atom is 0.326 e. The Hall–Kier alpha value is -1.73. The van der Waals surface area contributed by atoms with Crippen LogP contribution in [0, 0.1) is 11.8 Å². The molecule has 2 aliphatic rings. The van der Waals surface area contributed by atoms with Crippen molar-refractivity contribution in [3.63, 3.8) is 0 Å². The summed E-state index contributed by atoms with van der Waals surface area (Å²) in [6, 6.07) is -1.03. The van der Waals surface area contributed by atoms with Crippen LogP contribution in [0.5, 0.6) is 0 Å². The molecule has 0 aromatic rings. The summed E-state index contributed by atoms with van der Waals surface area (Å²) in [6.45, 7) is -0.0302. The summed E-state index contributed by atoms with van der Waals surface area (Å²) in [5.74, 6) is -6.18. The zero-order valence-corrected chi connectivity index (χ0v) is 11.6. The Morgan fingerprint density at radius 1 is 1.19 bits per heavy atom. The molecule has 2 amide bonds. The lowest BCUT2D eigenvalue weighted by atomic mass is 9.79. The minimum absolute atomic E-state index is 0.0302. The molecule has 0 unspecified atom stereocenters. The topological polar surface area (TPSA) is 86.7 Å². The number of alkyl halides is 2. The predicted octanol–water partition coefficient (Wildman–Crippen LogP) is 0.469. The van der Waals surface area contributed by atoms with Gasteiger partial charge in [0.15, 0.2) is 0 Å². The van der Waals surface area contributed by atoms with Crippen molar-refractivity contribution in [3.8, 4) is 0 Å². The minimum Gasteiger partial charge on any atom is -0.480 e. The van der Waals surface area contributed by atoms with Crippen molar-refractivity contribution in [2.75, 3.05) is 13.6 Å². The predicted molar refractivity (Wildman–Crippen MR) is 67.6 cm³/mol. The van der Waals surface area contributed by atoms with Crippen molar-refractivity contribution >= 4 is 17.8 Å². The summed E-state index contributed by atoms with van der Waals surface area (Å²) in [4.78, 5) is 36.2. The second-order valence-electron chi connectivity index (χ2n) is 5.69. The molecule has 2 fully saturated rings. The van der Waals surface area contributed by atoms with E-state index < -0.39 is 48.5 Å². The Balaban J connectivity index is 2.09. The standard InChI is InChI=1S/C13H18F2N2O4/c1-16-10(18)7-2-3-9(12(20)21)17(6-7)11(19)8-4-13(14,15)5-8/h7-9H,2-6H2,1H3,(H,16,18)(H,20,21)/t7-,9-/m0/s1. The Kier molecular flexibility index (Phi) is 4.15. The highest BCUT2D eigenvalue weighted by Crippen LogP contribution is 2.44. The molecule has 1 saturated carbocycles.